The molecule has 5 heteroatoms. The normalized spacial score (nSPS) is 23.7. The van der Waals surface area contributed by atoms with Gasteiger partial charge in [0.1, 0.15) is 0 Å². The molecule has 0 aliphatic carbocycles. The molecule has 5 nitrogen and oxygen atoms in total. The SMILES string of the molecule is CC(CN(C)C1CCCNC(=O)C1)C(=O)O. The van der Waals surface area contributed by atoms with E-state index in [2.05, 4.69) is 5.32 Å². The zero-order chi connectivity index (χ0) is 12.1. The van der Waals surface area contributed by atoms with Gasteiger partial charge in [0.25, 0.3) is 0 Å². The maximum absolute atomic E-state index is 11.4. The zero-order valence-electron chi connectivity index (χ0n) is 9.90. The third-order valence-corrected chi connectivity index (χ3v) is 3.06. The predicted molar refractivity (Wildman–Crippen MR) is 60.1 cm³/mol. The summed E-state index contributed by atoms with van der Waals surface area (Å²) in [6, 6.07) is 0.171. The average Bonchev–Trinajstić information content (AvgIpc) is 2.42. The highest BCUT2D eigenvalue weighted by molar-refractivity contribution is 5.76. The number of rotatable bonds is 4. The zero-order valence-corrected chi connectivity index (χ0v) is 9.90. The van der Waals surface area contributed by atoms with Gasteiger partial charge in [-0.2, -0.15) is 0 Å². The van der Waals surface area contributed by atoms with E-state index in [4.69, 9.17) is 5.11 Å². The molecule has 1 heterocycles. The Kier molecular flexibility index (Phi) is 4.73. The average molecular weight is 228 g/mol. The monoisotopic (exact) mass is 228 g/mol. The van der Waals surface area contributed by atoms with E-state index in [9.17, 15) is 9.59 Å². The van der Waals surface area contributed by atoms with Gasteiger partial charge in [-0.05, 0) is 19.9 Å². The molecule has 0 bridgehead atoms. The highest BCUT2D eigenvalue weighted by atomic mass is 16.4. The summed E-state index contributed by atoms with van der Waals surface area (Å²) in [6.07, 6.45) is 2.38. The van der Waals surface area contributed by atoms with Crippen molar-refractivity contribution < 1.29 is 14.7 Å². The van der Waals surface area contributed by atoms with E-state index in [1.807, 2.05) is 11.9 Å². The van der Waals surface area contributed by atoms with Crippen molar-refractivity contribution >= 4 is 11.9 Å². The smallest absolute Gasteiger partial charge is 0.307 e. The van der Waals surface area contributed by atoms with Gasteiger partial charge in [0.05, 0.1) is 5.92 Å². The fraction of sp³-hybridized carbons (Fsp3) is 0.818. The van der Waals surface area contributed by atoms with E-state index in [1.165, 1.54) is 0 Å². The molecular weight excluding hydrogens is 208 g/mol. The van der Waals surface area contributed by atoms with Gasteiger partial charge in [-0.15, -0.1) is 0 Å². The molecule has 0 aromatic carbocycles. The Morgan fingerprint density at radius 1 is 1.69 bits per heavy atom. The van der Waals surface area contributed by atoms with Crippen LogP contribution in [0.15, 0.2) is 0 Å². The molecule has 0 aromatic heterocycles. The Labute approximate surface area is 95.8 Å². The van der Waals surface area contributed by atoms with Gasteiger partial charge in [0, 0.05) is 25.6 Å². The predicted octanol–water partition coefficient (Wildman–Crippen LogP) is 0.308. The third kappa shape index (κ3) is 3.81. The summed E-state index contributed by atoms with van der Waals surface area (Å²) in [4.78, 5) is 24.1. The van der Waals surface area contributed by atoms with Crippen LogP contribution in [0.4, 0.5) is 0 Å². The van der Waals surface area contributed by atoms with E-state index in [0.717, 1.165) is 19.4 Å². The fourth-order valence-electron chi connectivity index (χ4n) is 1.99. The minimum absolute atomic E-state index is 0.0670. The van der Waals surface area contributed by atoms with Crippen LogP contribution in [0.3, 0.4) is 0 Å². The van der Waals surface area contributed by atoms with Crippen LogP contribution in [-0.4, -0.2) is 48.1 Å². The van der Waals surface area contributed by atoms with E-state index in [-0.39, 0.29) is 11.9 Å². The van der Waals surface area contributed by atoms with Crippen molar-refractivity contribution in [3.63, 3.8) is 0 Å². The van der Waals surface area contributed by atoms with Crippen LogP contribution in [0.2, 0.25) is 0 Å². The highest BCUT2D eigenvalue weighted by Crippen LogP contribution is 2.14. The van der Waals surface area contributed by atoms with Crippen molar-refractivity contribution in [3.05, 3.63) is 0 Å². The lowest BCUT2D eigenvalue weighted by Gasteiger charge is -2.27. The first-order valence-corrected chi connectivity index (χ1v) is 5.70. The van der Waals surface area contributed by atoms with E-state index >= 15 is 0 Å². The number of carboxylic acids is 1. The lowest BCUT2D eigenvalue weighted by atomic mass is 10.1. The summed E-state index contributed by atoms with van der Waals surface area (Å²) in [7, 11) is 1.89. The maximum Gasteiger partial charge on any atom is 0.307 e. The van der Waals surface area contributed by atoms with Crippen molar-refractivity contribution in [1.29, 1.82) is 0 Å². The van der Waals surface area contributed by atoms with Gasteiger partial charge in [-0.25, -0.2) is 0 Å². The van der Waals surface area contributed by atoms with Gasteiger partial charge in [-0.1, -0.05) is 6.92 Å². The third-order valence-electron chi connectivity index (χ3n) is 3.06. The van der Waals surface area contributed by atoms with Crippen LogP contribution in [-0.2, 0) is 9.59 Å². The summed E-state index contributed by atoms with van der Waals surface area (Å²) in [6.45, 7) is 2.92. The Balaban J connectivity index is 2.48. The van der Waals surface area contributed by atoms with Crippen LogP contribution >= 0.6 is 0 Å². The van der Waals surface area contributed by atoms with Gasteiger partial charge in [0.15, 0.2) is 0 Å². The number of carbonyl (C=O) groups excluding carboxylic acids is 1. The molecule has 0 spiro atoms. The second kappa shape index (κ2) is 5.84. The summed E-state index contributed by atoms with van der Waals surface area (Å²) in [5, 5.41) is 11.7. The first kappa shape index (κ1) is 13.0. The Morgan fingerprint density at radius 3 is 3.00 bits per heavy atom. The van der Waals surface area contributed by atoms with Crippen molar-refractivity contribution in [2.24, 2.45) is 5.92 Å². The number of carbonyl (C=O) groups is 2. The molecule has 1 fully saturated rings. The number of aliphatic carboxylic acids is 1. The molecule has 0 saturated carbocycles. The lowest BCUT2D eigenvalue weighted by molar-refractivity contribution is -0.141. The van der Waals surface area contributed by atoms with E-state index < -0.39 is 11.9 Å². The standard InChI is InChI=1S/C11H20N2O3/c1-8(11(15)16)7-13(2)9-4-3-5-12-10(14)6-9/h8-9H,3-7H2,1-2H3,(H,12,14)(H,15,16). The Morgan fingerprint density at radius 2 is 2.38 bits per heavy atom. The molecular formula is C11H20N2O3. The maximum atomic E-state index is 11.4. The van der Waals surface area contributed by atoms with Crippen LogP contribution in [0, 0.1) is 5.92 Å². The Hall–Kier alpha value is -1.10. The number of nitrogens with zero attached hydrogens (tertiary/aromatic N) is 1. The summed E-state index contributed by atoms with van der Waals surface area (Å²) < 4.78 is 0. The molecule has 1 aliphatic rings. The van der Waals surface area contributed by atoms with Crippen LogP contribution < -0.4 is 5.32 Å². The molecule has 16 heavy (non-hydrogen) atoms. The lowest BCUT2D eigenvalue weighted by Crippen LogP contribution is -2.38. The molecule has 0 aromatic rings. The summed E-state index contributed by atoms with van der Waals surface area (Å²) in [5.41, 5.74) is 0. The molecule has 2 atom stereocenters. The second-order valence-electron chi connectivity index (χ2n) is 4.53. The molecule has 92 valence electrons. The Bertz CT molecular complexity index is 268. The summed E-state index contributed by atoms with van der Waals surface area (Å²) >= 11 is 0. The number of hydrogen-bond acceptors (Lipinski definition) is 3. The largest absolute Gasteiger partial charge is 0.481 e. The minimum Gasteiger partial charge on any atom is -0.481 e. The second-order valence-corrected chi connectivity index (χ2v) is 4.53. The number of amides is 1. The topological polar surface area (TPSA) is 69.6 Å². The molecule has 0 radical (unpaired) electrons. The first-order valence-electron chi connectivity index (χ1n) is 5.70. The minimum atomic E-state index is -0.787. The van der Waals surface area contributed by atoms with Crippen LogP contribution in [0.25, 0.3) is 0 Å². The van der Waals surface area contributed by atoms with E-state index in [1.54, 1.807) is 6.92 Å². The van der Waals surface area contributed by atoms with Gasteiger partial charge in [-0.3, -0.25) is 9.59 Å². The van der Waals surface area contributed by atoms with Crippen molar-refractivity contribution in [1.82, 2.24) is 10.2 Å². The fourth-order valence-corrected chi connectivity index (χ4v) is 1.99. The van der Waals surface area contributed by atoms with Gasteiger partial charge in [0.2, 0.25) is 5.91 Å². The number of nitrogens with one attached hydrogen (secondary N) is 1. The number of carboxylic acid groups (broad SMARTS) is 1. The first-order chi connectivity index (χ1) is 7.50. The molecule has 1 aliphatic heterocycles. The van der Waals surface area contributed by atoms with Crippen LogP contribution in [0.5, 0.6) is 0 Å². The van der Waals surface area contributed by atoms with Gasteiger partial charge >= 0.3 is 5.97 Å². The molecule has 2 N–H and O–H groups in total. The molecule has 1 amide bonds. The summed E-state index contributed by atoms with van der Waals surface area (Å²) in [5.74, 6) is -1.11. The van der Waals surface area contributed by atoms with Crippen molar-refractivity contribution in [2.75, 3.05) is 20.1 Å². The van der Waals surface area contributed by atoms with E-state index in [0.29, 0.717) is 13.0 Å². The quantitative estimate of drug-likeness (QED) is 0.726. The van der Waals surface area contributed by atoms with Crippen molar-refractivity contribution in [3.8, 4) is 0 Å². The van der Waals surface area contributed by atoms with Gasteiger partial charge < -0.3 is 15.3 Å². The van der Waals surface area contributed by atoms with Crippen molar-refractivity contribution in [2.45, 2.75) is 32.2 Å². The molecule has 2 unspecified atom stereocenters. The van der Waals surface area contributed by atoms with Crippen LogP contribution in [0.1, 0.15) is 26.2 Å². The number of hydrogen-bond donors (Lipinski definition) is 2. The highest BCUT2D eigenvalue weighted by Gasteiger charge is 2.23. The molecule has 1 saturated heterocycles. The molecule has 1 rings (SSSR count).